The molecule has 108 valence electrons. The molecule has 0 saturated carbocycles. The lowest BCUT2D eigenvalue weighted by atomic mass is 10.0. The number of halogens is 2. The molecule has 0 amide bonds. The van der Waals surface area contributed by atoms with E-state index in [4.69, 9.17) is 23.2 Å². The number of benzene rings is 2. The third-order valence-corrected chi connectivity index (χ3v) is 4.27. The zero-order valence-corrected chi connectivity index (χ0v) is 12.9. The van der Waals surface area contributed by atoms with Crippen molar-refractivity contribution in [3.8, 4) is 0 Å². The number of aliphatic hydroxyl groups excluding tert-OH is 1. The van der Waals surface area contributed by atoms with Gasteiger partial charge in [0, 0.05) is 28.9 Å². The van der Waals surface area contributed by atoms with Crippen LogP contribution in [0.1, 0.15) is 17.4 Å². The first-order chi connectivity index (χ1) is 10.1. The van der Waals surface area contributed by atoms with Gasteiger partial charge in [-0.15, -0.1) is 0 Å². The summed E-state index contributed by atoms with van der Waals surface area (Å²) < 4.78 is 1.77. The maximum absolute atomic E-state index is 10.5. The minimum absolute atomic E-state index is 0.333. The van der Waals surface area contributed by atoms with Crippen LogP contribution in [0.4, 0.5) is 0 Å². The van der Waals surface area contributed by atoms with Gasteiger partial charge < -0.3 is 5.11 Å². The Bertz CT molecular complexity index is 778. The standard InChI is InChI=1S/C16H14Cl2N2O/c1-20-14-8-3-2-5-10(14)16(19-20)15(21)9-11-12(17)6-4-7-13(11)18/h2-8,15,21H,9H2,1H3. The van der Waals surface area contributed by atoms with E-state index < -0.39 is 6.10 Å². The third-order valence-electron chi connectivity index (χ3n) is 3.56. The summed E-state index contributed by atoms with van der Waals surface area (Å²) in [7, 11) is 1.86. The molecular formula is C16H14Cl2N2O. The van der Waals surface area contributed by atoms with Gasteiger partial charge in [0.15, 0.2) is 0 Å². The van der Waals surface area contributed by atoms with Crippen LogP contribution in [0.3, 0.4) is 0 Å². The van der Waals surface area contributed by atoms with E-state index >= 15 is 0 Å². The van der Waals surface area contributed by atoms with Crippen molar-refractivity contribution >= 4 is 34.1 Å². The van der Waals surface area contributed by atoms with Gasteiger partial charge in [-0.3, -0.25) is 4.68 Å². The van der Waals surface area contributed by atoms with Crippen molar-refractivity contribution in [2.45, 2.75) is 12.5 Å². The molecule has 1 unspecified atom stereocenters. The van der Waals surface area contributed by atoms with Gasteiger partial charge in [0.05, 0.1) is 11.2 Å². The minimum Gasteiger partial charge on any atom is -0.386 e. The van der Waals surface area contributed by atoms with Crippen molar-refractivity contribution in [1.29, 1.82) is 0 Å². The summed E-state index contributed by atoms with van der Waals surface area (Å²) in [4.78, 5) is 0. The van der Waals surface area contributed by atoms with Gasteiger partial charge in [0.1, 0.15) is 6.10 Å². The van der Waals surface area contributed by atoms with Gasteiger partial charge >= 0.3 is 0 Å². The molecule has 3 nitrogen and oxygen atoms in total. The molecule has 3 rings (SSSR count). The van der Waals surface area contributed by atoms with Crippen LogP contribution in [-0.2, 0) is 13.5 Å². The smallest absolute Gasteiger partial charge is 0.103 e. The molecule has 0 aliphatic rings. The molecule has 5 heteroatoms. The lowest BCUT2D eigenvalue weighted by Gasteiger charge is -2.11. The molecule has 1 aromatic heterocycles. The molecule has 0 aliphatic heterocycles. The first-order valence-corrected chi connectivity index (χ1v) is 7.36. The van der Waals surface area contributed by atoms with Crippen LogP contribution in [0.5, 0.6) is 0 Å². The number of para-hydroxylation sites is 1. The Hall–Kier alpha value is -1.55. The maximum atomic E-state index is 10.5. The maximum Gasteiger partial charge on any atom is 0.103 e. The summed E-state index contributed by atoms with van der Waals surface area (Å²) in [6, 6.07) is 13.1. The molecule has 21 heavy (non-hydrogen) atoms. The molecule has 0 aliphatic carbocycles. The largest absolute Gasteiger partial charge is 0.386 e. The summed E-state index contributed by atoms with van der Waals surface area (Å²) in [6.45, 7) is 0. The molecular weight excluding hydrogens is 307 g/mol. The van der Waals surface area contributed by atoms with E-state index in [9.17, 15) is 5.11 Å². The van der Waals surface area contributed by atoms with Crippen LogP contribution in [0.25, 0.3) is 10.9 Å². The quantitative estimate of drug-likeness (QED) is 0.787. The van der Waals surface area contributed by atoms with Crippen LogP contribution < -0.4 is 0 Å². The van der Waals surface area contributed by atoms with Crippen LogP contribution in [0.2, 0.25) is 10.0 Å². The van der Waals surface area contributed by atoms with Crippen LogP contribution >= 0.6 is 23.2 Å². The minimum atomic E-state index is -0.756. The second-order valence-corrected chi connectivity index (χ2v) is 5.76. The van der Waals surface area contributed by atoms with E-state index in [1.807, 2.05) is 31.3 Å². The van der Waals surface area contributed by atoms with E-state index in [-0.39, 0.29) is 0 Å². The average Bonchev–Trinajstić information content (AvgIpc) is 2.81. The summed E-state index contributed by atoms with van der Waals surface area (Å²) in [5.41, 5.74) is 2.36. The van der Waals surface area contributed by atoms with Gasteiger partial charge in [-0.25, -0.2) is 0 Å². The van der Waals surface area contributed by atoms with Gasteiger partial charge in [-0.2, -0.15) is 5.10 Å². The highest BCUT2D eigenvalue weighted by Crippen LogP contribution is 2.31. The number of nitrogens with zero attached hydrogens (tertiary/aromatic N) is 2. The zero-order chi connectivity index (χ0) is 15.0. The highest BCUT2D eigenvalue weighted by atomic mass is 35.5. The van der Waals surface area contributed by atoms with E-state index in [1.165, 1.54) is 0 Å². The summed E-state index contributed by atoms with van der Waals surface area (Å²) in [6.07, 6.45) is -0.423. The number of fused-ring (bicyclic) bond motifs is 1. The second kappa shape index (κ2) is 5.68. The van der Waals surface area contributed by atoms with Crippen molar-refractivity contribution < 1.29 is 5.11 Å². The van der Waals surface area contributed by atoms with Gasteiger partial charge in [-0.05, 0) is 23.8 Å². The zero-order valence-electron chi connectivity index (χ0n) is 11.4. The van der Waals surface area contributed by atoms with Gasteiger partial charge in [0.2, 0.25) is 0 Å². The Balaban J connectivity index is 2.00. The fraction of sp³-hybridized carbons (Fsp3) is 0.188. The fourth-order valence-corrected chi connectivity index (χ4v) is 3.06. The molecule has 0 radical (unpaired) electrons. The van der Waals surface area contributed by atoms with E-state index in [2.05, 4.69) is 5.10 Å². The van der Waals surface area contributed by atoms with E-state index in [1.54, 1.807) is 22.9 Å². The van der Waals surface area contributed by atoms with E-state index in [0.717, 1.165) is 16.5 Å². The Morgan fingerprint density at radius 1 is 1.10 bits per heavy atom. The molecule has 0 bridgehead atoms. The lowest BCUT2D eigenvalue weighted by Crippen LogP contribution is -2.05. The highest BCUT2D eigenvalue weighted by molar-refractivity contribution is 6.36. The summed E-state index contributed by atoms with van der Waals surface area (Å²) >= 11 is 12.3. The van der Waals surface area contributed by atoms with Gasteiger partial charge in [0.25, 0.3) is 0 Å². The predicted octanol–water partition coefficient (Wildman–Crippen LogP) is 4.16. The molecule has 1 atom stereocenters. The van der Waals surface area contributed by atoms with Crippen molar-refractivity contribution in [2.75, 3.05) is 0 Å². The Kier molecular flexibility index (Phi) is 3.89. The first-order valence-electron chi connectivity index (χ1n) is 6.60. The van der Waals surface area contributed by atoms with Crippen molar-refractivity contribution in [3.63, 3.8) is 0 Å². The number of aliphatic hydroxyl groups is 1. The predicted molar refractivity (Wildman–Crippen MR) is 85.8 cm³/mol. The highest BCUT2D eigenvalue weighted by Gasteiger charge is 2.19. The number of hydrogen-bond acceptors (Lipinski definition) is 2. The summed E-state index contributed by atoms with van der Waals surface area (Å²) in [5, 5.41) is 17.0. The van der Waals surface area contributed by atoms with Crippen molar-refractivity contribution in [1.82, 2.24) is 9.78 Å². The average molecular weight is 321 g/mol. The molecule has 3 aromatic rings. The number of hydrogen-bond donors (Lipinski definition) is 1. The summed E-state index contributed by atoms with van der Waals surface area (Å²) in [5.74, 6) is 0. The number of aryl methyl sites for hydroxylation is 1. The molecule has 2 aromatic carbocycles. The molecule has 1 N–H and O–H groups in total. The second-order valence-electron chi connectivity index (χ2n) is 4.95. The topological polar surface area (TPSA) is 38.0 Å². The molecule has 0 fully saturated rings. The van der Waals surface area contributed by atoms with Crippen LogP contribution in [0.15, 0.2) is 42.5 Å². The Morgan fingerprint density at radius 3 is 2.48 bits per heavy atom. The van der Waals surface area contributed by atoms with Crippen LogP contribution in [0, 0.1) is 0 Å². The lowest BCUT2D eigenvalue weighted by molar-refractivity contribution is 0.174. The molecule has 1 heterocycles. The van der Waals surface area contributed by atoms with Gasteiger partial charge in [-0.1, -0.05) is 47.5 Å². The SMILES string of the molecule is Cn1nc(C(O)Cc2c(Cl)cccc2Cl)c2ccccc21. The first kappa shape index (κ1) is 14.4. The van der Waals surface area contributed by atoms with Crippen molar-refractivity contribution in [3.05, 3.63) is 63.8 Å². The molecule has 0 spiro atoms. The Morgan fingerprint density at radius 2 is 1.76 bits per heavy atom. The van der Waals surface area contributed by atoms with Crippen molar-refractivity contribution in [2.24, 2.45) is 7.05 Å². The third kappa shape index (κ3) is 2.64. The number of rotatable bonds is 3. The Labute approximate surface area is 132 Å². The van der Waals surface area contributed by atoms with Crippen LogP contribution in [-0.4, -0.2) is 14.9 Å². The number of aromatic nitrogens is 2. The normalized spacial score (nSPS) is 12.8. The monoisotopic (exact) mass is 320 g/mol. The molecule has 0 saturated heterocycles. The fourth-order valence-electron chi connectivity index (χ4n) is 2.51. The van der Waals surface area contributed by atoms with E-state index in [0.29, 0.717) is 22.2 Å².